The highest BCUT2D eigenvalue weighted by molar-refractivity contribution is 7.09. The number of amides is 1. The van der Waals surface area contributed by atoms with Crippen LogP contribution in [0.4, 0.5) is 5.13 Å². The lowest BCUT2D eigenvalue weighted by molar-refractivity contribution is 0.0925. The van der Waals surface area contributed by atoms with Gasteiger partial charge in [-0.15, -0.1) is 0 Å². The lowest BCUT2D eigenvalue weighted by Gasteiger charge is -2.31. The summed E-state index contributed by atoms with van der Waals surface area (Å²) < 4.78 is 11.2. The van der Waals surface area contributed by atoms with Crippen molar-refractivity contribution in [2.24, 2.45) is 7.05 Å². The minimum atomic E-state index is -0.0973. The molecule has 136 valence electrons. The second-order valence-electron chi connectivity index (χ2n) is 6.27. The molecule has 0 atom stereocenters. The first-order chi connectivity index (χ1) is 12.1. The maximum Gasteiger partial charge on any atom is 0.272 e. The van der Waals surface area contributed by atoms with Gasteiger partial charge in [-0.1, -0.05) is 0 Å². The van der Waals surface area contributed by atoms with Gasteiger partial charge in [0.2, 0.25) is 5.13 Å². The number of aromatic nitrogens is 4. The van der Waals surface area contributed by atoms with Gasteiger partial charge >= 0.3 is 0 Å². The zero-order valence-corrected chi connectivity index (χ0v) is 15.7. The molecule has 0 bridgehead atoms. The predicted octanol–water partition coefficient (Wildman–Crippen LogP) is 1.17. The molecule has 8 nitrogen and oxygen atoms in total. The molecule has 2 aromatic rings. The van der Waals surface area contributed by atoms with E-state index in [2.05, 4.69) is 24.7 Å². The molecule has 0 aromatic carbocycles. The molecule has 0 aliphatic carbocycles. The Morgan fingerprint density at radius 1 is 1.44 bits per heavy atom. The molecule has 2 aromatic heterocycles. The van der Waals surface area contributed by atoms with Crippen LogP contribution in [0, 0.1) is 6.92 Å². The summed E-state index contributed by atoms with van der Waals surface area (Å²) in [5.41, 5.74) is 1.45. The summed E-state index contributed by atoms with van der Waals surface area (Å²) >= 11 is 1.43. The lowest BCUT2D eigenvalue weighted by Crippen LogP contribution is -2.44. The number of nitrogens with zero attached hydrogens (tertiary/aromatic N) is 5. The molecule has 9 heteroatoms. The van der Waals surface area contributed by atoms with E-state index in [-0.39, 0.29) is 11.9 Å². The number of piperidine rings is 1. The van der Waals surface area contributed by atoms with Crippen LogP contribution in [0.5, 0.6) is 0 Å². The minimum Gasteiger partial charge on any atom is -0.384 e. The van der Waals surface area contributed by atoms with Crippen molar-refractivity contribution >= 4 is 22.6 Å². The monoisotopic (exact) mass is 364 g/mol. The third kappa shape index (κ3) is 4.35. The van der Waals surface area contributed by atoms with Crippen LogP contribution in [-0.4, -0.2) is 57.9 Å². The molecule has 1 aliphatic heterocycles. The van der Waals surface area contributed by atoms with Crippen molar-refractivity contribution in [2.45, 2.75) is 32.2 Å². The van der Waals surface area contributed by atoms with E-state index in [9.17, 15) is 4.79 Å². The molecule has 0 radical (unpaired) electrons. The fraction of sp³-hybridized carbons (Fsp3) is 0.625. The first-order valence-electron chi connectivity index (χ1n) is 8.45. The molecule has 1 saturated heterocycles. The zero-order valence-electron chi connectivity index (χ0n) is 14.9. The van der Waals surface area contributed by atoms with E-state index in [4.69, 9.17) is 4.74 Å². The Morgan fingerprint density at radius 2 is 2.20 bits per heavy atom. The summed E-state index contributed by atoms with van der Waals surface area (Å²) in [6, 6.07) is 1.99. The van der Waals surface area contributed by atoms with Crippen LogP contribution in [-0.2, 0) is 18.2 Å². The summed E-state index contributed by atoms with van der Waals surface area (Å²) in [5.74, 6) is 0.739. The molecular formula is C16H24N6O2S. The Morgan fingerprint density at radius 3 is 2.84 bits per heavy atom. The first-order valence-corrected chi connectivity index (χ1v) is 9.22. The fourth-order valence-electron chi connectivity index (χ4n) is 2.81. The van der Waals surface area contributed by atoms with Gasteiger partial charge in [0.15, 0.2) is 0 Å². The van der Waals surface area contributed by atoms with Crippen molar-refractivity contribution in [3.8, 4) is 0 Å². The van der Waals surface area contributed by atoms with Gasteiger partial charge in [0.25, 0.3) is 5.91 Å². The first kappa shape index (κ1) is 17.8. The van der Waals surface area contributed by atoms with Crippen LogP contribution < -0.4 is 10.2 Å². The Labute approximate surface area is 151 Å². The standard InChI is InChI=1S/C16H24N6O2S/c1-11-10-13(19-21(11)2)15(23)17-12-4-7-22(8-5-12)16-18-14(20-25-16)6-9-24-3/h10,12H,4-9H2,1-3H3,(H,17,23). The van der Waals surface area contributed by atoms with Crippen molar-refractivity contribution in [2.75, 3.05) is 31.7 Å². The van der Waals surface area contributed by atoms with Crippen LogP contribution in [0.1, 0.15) is 34.8 Å². The maximum absolute atomic E-state index is 12.3. The van der Waals surface area contributed by atoms with Gasteiger partial charge in [0, 0.05) is 56.9 Å². The number of carbonyl (C=O) groups is 1. The topological polar surface area (TPSA) is 85.2 Å². The zero-order chi connectivity index (χ0) is 17.8. The third-order valence-corrected chi connectivity index (χ3v) is 5.25. The molecule has 0 saturated carbocycles. The number of aryl methyl sites for hydroxylation is 2. The second-order valence-corrected chi connectivity index (χ2v) is 7.00. The van der Waals surface area contributed by atoms with E-state index in [0.717, 1.165) is 49.0 Å². The quantitative estimate of drug-likeness (QED) is 0.828. The van der Waals surface area contributed by atoms with Crippen molar-refractivity contribution in [3.63, 3.8) is 0 Å². The Bertz CT molecular complexity index is 701. The smallest absolute Gasteiger partial charge is 0.272 e. The third-order valence-electron chi connectivity index (χ3n) is 4.43. The molecule has 3 heterocycles. The van der Waals surface area contributed by atoms with E-state index in [1.807, 2.05) is 20.0 Å². The van der Waals surface area contributed by atoms with E-state index < -0.39 is 0 Å². The van der Waals surface area contributed by atoms with Gasteiger partial charge in [0.05, 0.1) is 6.61 Å². The summed E-state index contributed by atoms with van der Waals surface area (Å²) in [7, 11) is 3.52. The van der Waals surface area contributed by atoms with E-state index in [1.54, 1.807) is 11.8 Å². The largest absolute Gasteiger partial charge is 0.384 e. The van der Waals surface area contributed by atoms with E-state index in [0.29, 0.717) is 12.3 Å². The molecule has 1 amide bonds. The summed E-state index contributed by atoms with van der Waals surface area (Å²) in [6.45, 7) is 4.30. The number of anilines is 1. The second kappa shape index (κ2) is 7.92. The highest BCUT2D eigenvalue weighted by Gasteiger charge is 2.24. The number of carbonyl (C=O) groups excluding carboxylic acids is 1. The van der Waals surface area contributed by atoms with Gasteiger partial charge in [0.1, 0.15) is 11.5 Å². The van der Waals surface area contributed by atoms with Crippen LogP contribution in [0.2, 0.25) is 0 Å². The van der Waals surface area contributed by atoms with Crippen LogP contribution in [0.25, 0.3) is 0 Å². The average molecular weight is 364 g/mol. The molecule has 1 aliphatic rings. The Hall–Kier alpha value is -2.00. The van der Waals surface area contributed by atoms with Crippen molar-refractivity contribution in [1.29, 1.82) is 0 Å². The van der Waals surface area contributed by atoms with Crippen molar-refractivity contribution in [3.05, 3.63) is 23.3 Å². The predicted molar refractivity (Wildman–Crippen MR) is 96.1 cm³/mol. The highest BCUT2D eigenvalue weighted by Crippen LogP contribution is 2.22. The Balaban J connectivity index is 1.50. The molecule has 3 rings (SSSR count). The number of hydrogen-bond donors (Lipinski definition) is 1. The van der Waals surface area contributed by atoms with Gasteiger partial charge < -0.3 is 15.0 Å². The normalized spacial score (nSPS) is 15.6. The SMILES string of the molecule is COCCc1nsc(N2CCC(NC(=O)c3cc(C)n(C)n3)CC2)n1. The highest BCUT2D eigenvalue weighted by atomic mass is 32.1. The van der Waals surface area contributed by atoms with E-state index >= 15 is 0 Å². The molecule has 0 unspecified atom stereocenters. The molecular weight excluding hydrogens is 340 g/mol. The van der Waals surface area contributed by atoms with Gasteiger partial charge in [-0.2, -0.15) is 9.47 Å². The van der Waals surface area contributed by atoms with Gasteiger partial charge in [-0.3, -0.25) is 9.48 Å². The summed E-state index contributed by atoms with van der Waals surface area (Å²) in [4.78, 5) is 19.1. The summed E-state index contributed by atoms with van der Waals surface area (Å²) in [5, 5.41) is 8.28. The van der Waals surface area contributed by atoms with Crippen LogP contribution >= 0.6 is 11.5 Å². The lowest BCUT2D eigenvalue weighted by atomic mass is 10.1. The Kier molecular flexibility index (Phi) is 5.64. The maximum atomic E-state index is 12.3. The number of ether oxygens (including phenoxy) is 1. The average Bonchev–Trinajstić information content (AvgIpc) is 3.21. The van der Waals surface area contributed by atoms with Crippen LogP contribution in [0.3, 0.4) is 0 Å². The van der Waals surface area contributed by atoms with Gasteiger partial charge in [-0.25, -0.2) is 4.98 Å². The molecule has 25 heavy (non-hydrogen) atoms. The molecule has 1 fully saturated rings. The fourth-order valence-corrected chi connectivity index (χ4v) is 3.58. The number of methoxy groups -OCH3 is 1. The summed E-state index contributed by atoms with van der Waals surface area (Å²) in [6.07, 6.45) is 2.53. The number of rotatable bonds is 6. The molecule has 1 N–H and O–H groups in total. The van der Waals surface area contributed by atoms with Crippen molar-refractivity contribution in [1.82, 2.24) is 24.5 Å². The van der Waals surface area contributed by atoms with Crippen LogP contribution in [0.15, 0.2) is 6.07 Å². The van der Waals surface area contributed by atoms with E-state index in [1.165, 1.54) is 11.5 Å². The van der Waals surface area contributed by atoms with Crippen molar-refractivity contribution < 1.29 is 9.53 Å². The number of nitrogens with one attached hydrogen (secondary N) is 1. The minimum absolute atomic E-state index is 0.0973. The number of hydrogen-bond acceptors (Lipinski definition) is 7. The van der Waals surface area contributed by atoms with Gasteiger partial charge in [-0.05, 0) is 25.8 Å². The molecule has 0 spiro atoms.